The highest BCUT2D eigenvalue weighted by Crippen LogP contribution is 2.25. The van der Waals surface area contributed by atoms with Gasteiger partial charge in [0.1, 0.15) is 0 Å². The van der Waals surface area contributed by atoms with Crippen LogP contribution in [0, 0.1) is 5.92 Å². The van der Waals surface area contributed by atoms with Gasteiger partial charge in [-0.2, -0.15) is 4.31 Å². The molecule has 1 heterocycles. The maximum Gasteiger partial charge on any atom is 0.241 e. The fourth-order valence-electron chi connectivity index (χ4n) is 2.56. The van der Waals surface area contributed by atoms with Crippen molar-refractivity contribution in [2.75, 3.05) is 18.8 Å². The fraction of sp³-hybridized carbons (Fsp3) is 0.818. The number of hydrogen-bond donors (Lipinski definition) is 1. The molecule has 18 heavy (non-hydrogen) atoms. The third-order valence-electron chi connectivity index (χ3n) is 3.48. The third-order valence-corrected chi connectivity index (χ3v) is 5.42. The van der Waals surface area contributed by atoms with Crippen molar-refractivity contribution in [2.45, 2.75) is 32.1 Å². The average Bonchev–Trinajstić information content (AvgIpc) is 2.28. The van der Waals surface area contributed by atoms with Gasteiger partial charge in [-0.15, -0.1) is 0 Å². The summed E-state index contributed by atoms with van der Waals surface area (Å²) in [5.74, 6) is -0.853. The zero-order valence-corrected chi connectivity index (χ0v) is 11.0. The summed E-state index contributed by atoms with van der Waals surface area (Å²) >= 11 is 0. The van der Waals surface area contributed by atoms with Crippen LogP contribution in [0.25, 0.3) is 0 Å². The molecule has 1 saturated heterocycles. The SMILES string of the molecule is O=C1CN(S(=O)(=O)CC2CCCCC2)CC(=O)N1. The van der Waals surface area contributed by atoms with Crippen molar-refractivity contribution in [3.05, 3.63) is 0 Å². The topological polar surface area (TPSA) is 83.6 Å². The van der Waals surface area contributed by atoms with E-state index in [1.807, 2.05) is 0 Å². The molecule has 2 fully saturated rings. The van der Waals surface area contributed by atoms with Crippen molar-refractivity contribution in [2.24, 2.45) is 5.92 Å². The zero-order chi connectivity index (χ0) is 13.2. The number of imide groups is 1. The maximum absolute atomic E-state index is 12.1. The molecule has 0 atom stereocenters. The number of nitrogens with zero attached hydrogens (tertiary/aromatic N) is 1. The van der Waals surface area contributed by atoms with Crippen LogP contribution in [0.1, 0.15) is 32.1 Å². The highest BCUT2D eigenvalue weighted by Gasteiger charge is 2.33. The Morgan fingerprint density at radius 3 is 2.17 bits per heavy atom. The van der Waals surface area contributed by atoms with Crippen molar-refractivity contribution in [3.63, 3.8) is 0 Å². The number of carbonyl (C=O) groups excluding carboxylic acids is 2. The Hall–Kier alpha value is -0.950. The quantitative estimate of drug-likeness (QED) is 0.726. The van der Waals surface area contributed by atoms with Crippen molar-refractivity contribution in [3.8, 4) is 0 Å². The Labute approximate surface area is 107 Å². The van der Waals surface area contributed by atoms with Gasteiger partial charge in [0.25, 0.3) is 0 Å². The first-order chi connectivity index (χ1) is 8.47. The molecule has 7 heteroatoms. The minimum absolute atomic E-state index is 0.0631. The first kappa shape index (κ1) is 13.5. The molecule has 0 radical (unpaired) electrons. The molecule has 2 rings (SSSR count). The standard InChI is InChI=1S/C11H18N2O4S/c14-10-6-13(7-11(15)12-10)18(16,17)8-9-4-2-1-3-5-9/h9H,1-8H2,(H,12,14,15). The number of nitrogens with one attached hydrogen (secondary N) is 1. The molecule has 0 spiro atoms. The van der Waals surface area contributed by atoms with E-state index in [1.54, 1.807) is 0 Å². The highest BCUT2D eigenvalue weighted by molar-refractivity contribution is 7.89. The molecule has 0 unspecified atom stereocenters. The second-order valence-electron chi connectivity index (χ2n) is 5.02. The van der Waals surface area contributed by atoms with Crippen LogP contribution < -0.4 is 5.32 Å². The Morgan fingerprint density at radius 1 is 1.06 bits per heavy atom. The number of piperazine rings is 1. The molecule has 1 saturated carbocycles. The van der Waals surface area contributed by atoms with E-state index in [2.05, 4.69) is 5.32 Å². The molecule has 2 amide bonds. The van der Waals surface area contributed by atoms with Gasteiger partial charge in [0.2, 0.25) is 21.8 Å². The Bertz CT molecular complexity index is 424. The smallest absolute Gasteiger partial charge is 0.241 e. The summed E-state index contributed by atoms with van der Waals surface area (Å²) in [6.45, 7) is -0.471. The largest absolute Gasteiger partial charge is 0.294 e. The van der Waals surface area contributed by atoms with Crippen LogP contribution in [-0.2, 0) is 19.6 Å². The Morgan fingerprint density at radius 2 is 1.61 bits per heavy atom. The lowest BCUT2D eigenvalue weighted by Gasteiger charge is -2.28. The summed E-state index contributed by atoms with van der Waals surface area (Å²) < 4.78 is 25.3. The van der Waals surface area contributed by atoms with E-state index in [1.165, 1.54) is 6.42 Å². The van der Waals surface area contributed by atoms with Crippen LogP contribution in [0.2, 0.25) is 0 Å². The van der Waals surface area contributed by atoms with Gasteiger partial charge >= 0.3 is 0 Å². The molecule has 0 aromatic heterocycles. The lowest BCUT2D eigenvalue weighted by Crippen LogP contribution is -2.54. The predicted octanol–water partition coefficient (Wildman–Crippen LogP) is -0.145. The molecule has 0 bridgehead atoms. The number of carbonyl (C=O) groups is 2. The van der Waals surface area contributed by atoms with Gasteiger partial charge in [-0.1, -0.05) is 19.3 Å². The average molecular weight is 274 g/mol. The van der Waals surface area contributed by atoms with Crippen LogP contribution in [0.15, 0.2) is 0 Å². The monoisotopic (exact) mass is 274 g/mol. The molecule has 1 aliphatic carbocycles. The Balaban J connectivity index is 2.00. The van der Waals surface area contributed by atoms with E-state index in [0.717, 1.165) is 30.0 Å². The van der Waals surface area contributed by atoms with Crippen molar-refractivity contribution in [1.29, 1.82) is 0 Å². The van der Waals surface area contributed by atoms with Crippen LogP contribution in [0.4, 0.5) is 0 Å². The molecule has 1 aliphatic heterocycles. The minimum Gasteiger partial charge on any atom is -0.294 e. The van der Waals surface area contributed by atoms with Gasteiger partial charge in [0.15, 0.2) is 0 Å². The molecule has 0 aromatic rings. The lowest BCUT2D eigenvalue weighted by molar-refractivity contribution is -0.134. The van der Waals surface area contributed by atoms with E-state index in [9.17, 15) is 18.0 Å². The number of hydrogen-bond acceptors (Lipinski definition) is 4. The summed E-state index contributed by atoms with van der Waals surface area (Å²) in [5, 5.41) is 2.10. The van der Waals surface area contributed by atoms with Crippen LogP contribution in [0.5, 0.6) is 0 Å². The first-order valence-electron chi connectivity index (χ1n) is 6.28. The third kappa shape index (κ3) is 3.29. The molecule has 2 aliphatic rings. The number of sulfonamides is 1. The summed E-state index contributed by atoms with van der Waals surface area (Å²) in [7, 11) is -3.50. The highest BCUT2D eigenvalue weighted by atomic mass is 32.2. The van der Waals surface area contributed by atoms with E-state index in [0.29, 0.717) is 0 Å². The number of rotatable bonds is 3. The molecular weight excluding hydrogens is 256 g/mol. The zero-order valence-electron chi connectivity index (χ0n) is 10.2. The fourth-order valence-corrected chi connectivity index (χ4v) is 4.33. The summed E-state index contributed by atoms with van der Waals surface area (Å²) in [6, 6.07) is 0. The van der Waals surface area contributed by atoms with E-state index in [4.69, 9.17) is 0 Å². The molecule has 1 N–H and O–H groups in total. The normalized spacial score (nSPS) is 24.0. The van der Waals surface area contributed by atoms with Crippen LogP contribution in [-0.4, -0.2) is 43.4 Å². The first-order valence-corrected chi connectivity index (χ1v) is 7.89. The van der Waals surface area contributed by atoms with Crippen LogP contribution >= 0.6 is 0 Å². The van der Waals surface area contributed by atoms with Gasteiger partial charge in [0, 0.05) is 0 Å². The van der Waals surface area contributed by atoms with E-state index < -0.39 is 21.8 Å². The van der Waals surface area contributed by atoms with Crippen molar-refractivity contribution < 1.29 is 18.0 Å². The lowest BCUT2D eigenvalue weighted by atomic mass is 9.91. The molecular formula is C11H18N2O4S. The van der Waals surface area contributed by atoms with E-state index in [-0.39, 0.29) is 24.8 Å². The summed E-state index contributed by atoms with van der Waals surface area (Å²) in [4.78, 5) is 22.4. The minimum atomic E-state index is -3.50. The number of amides is 2. The van der Waals surface area contributed by atoms with Gasteiger partial charge in [0.05, 0.1) is 18.8 Å². The summed E-state index contributed by atoms with van der Waals surface area (Å²) in [5.41, 5.74) is 0. The van der Waals surface area contributed by atoms with Gasteiger partial charge in [-0.25, -0.2) is 8.42 Å². The van der Waals surface area contributed by atoms with Gasteiger partial charge in [-0.3, -0.25) is 14.9 Å². The molecule has 6 nitrogen and oxygen atoms in total. The van der Waals surface area contributed by atoms with Crippen molar-refractivity contribution in [1.82, 2.24) is 9.62 Å². The van der Waals surface area contributed by atoms with Crippen molar-refractivity contribution >= 4 is 21.8 Å². The second kappa shape index (κ2) is 5.36. The van der Waals surface area contributed by atoms with Crippen LogP contribution in [0.3, 0.4) is 0 Å². The predicted molar refractivity (Wildman–Crippen MR) is 65.1 cm³/mol. The van der Waals surface area contributed by atoms with E-state index >= 15 is 0 Å². The van der Waals surface area contributed by atoms with Gasteiger partial charge in [-0.05, 0) is 18.8 Å². The second-order valence-corrected chi connectivity index (χ2v) is 7.04. The Kier molecular flexibility index (Phi) is 4.01. The summed E-state index contributed by atoms with van der Waals surface area (Å²) in [6.07, 6.45) is 5.15. The molecule has 102 valence electrons. The maximum atomic E-state index is 12.1. The molecule has 0 aromatic carbocycles. The van der Waals surface area contributed by atoms with Gasteiger partial charge < -0.3 is 0 Å².